The SMILES string of the molecule is CCCCn1c(O)c(/C=C2\C=NN=C2c2ccc(Br)cc2)[nH]c1=S. The van der Waals surface area contributed by atoms with Crippen molar-refractivity contribution < 1.29 is 5.11 Å². The Hall–Kier alpha value is -1.99. The predicted molar refractivity (Wildman–Crippen MR) is 103 cm³/mol. The van der Waals surface area contributed by atoms with Crippen molar-refractivity contribution in [1.29, 1.82) is 0 Å². The fourth-order valence-electron chi connectivity index (χ4n) is 2.47. The zero-order chi connectivity index (χ0) is 17.1. The van der Waals surface area contributed by atoms with Gasteiger partial charge in [0, 0.05) is 22.2 Å². The number of benzene rings is 1. The number of allylic oxidation sites excluding steroid dienone is 1. The van der Waals surface area contributed by atoms with E-state index in [0.29, 0.717) is 17.0 Å². The summed E-state index contributed by atoms with van der Waals surface area (Å²) in [5.74, 6) is 0.149. The Bertz CT molecular complexity index is 890. The van der Waals surface area contributed by atoms with Gasteiger partial charge in [0.2, 0.25) is 5.88 Å². The van der Waals surface area contributed by atoms with E-state index in [-0.39, 0.29) is 5.88 Å². The second-order valence-corrected chi connectivity index (χ2v) is 6.77. The Kier molecular flexibility index (Phi) is 5.11. The summed E-state index contributed by atoms with van der Waals surface area (Å²) in [7, 11) is 0. The summed E-state index contributed by atoms with van der Waals surface area (Å²) >= 11 is 8.73. The molecule has 2 aromatic rings. The Labute approximate surface area is 153 Å². The van der Waals surface area contributed by atoms with Crippen LogP contribution in [0.4, 0.5) is 0 Å². The first kappa shape index (κ1) is 16.9. The molecule has 0 saturated heterocycles. The van der Waals surface area contributed by atoms with Gasteiger partial charge in [-0.3, -0.25) is 4.57 Å². The van der Waals surface area contributed by atoms with Gasteiger partial charge in [-0.05, 0) is 36.8 Å². The molecule has 0 fully saturated rings. The van der Waals surface area contributed by atoms with Crippen molar-refractivity contribution >= 4 is 46.2 Å². The lowest BCUT2D eigenvalue weighted by Gasteiger charge is -2.04. The molecule has 124 valence electrons. The first-order valence-electron chi connectivity index (χ1n) is 7.71. The highest BCUT2D eigenvalue weighted by Crippen LogP contribution is 2.23. The molecule has 2 N–H and O–H groups in total. The van der Waals surface area contributed by atoms with Gasteiger partial charge in [0.15, 0.2) is 4.77 Å². The van der Waals surface area contributed by atoms with E-state index in [1.807, 2.05) is 30.3 Å². The lowest BCUT2D eigenvalue weighted by atomic mass is 10.0. The Morgan fingerprint density at radius 3 is 2.79 bits per heavy atom. The number of hydrogen-bond donors (Lipinski definition) is 2. The topological polar surface area (TPSA) is 65.7 Å². The van der Waals surface area contributed by atoms with Crippen molar-refractivity contribution in [2.45, 2.75) is 26.3 Å². The average molecular weight is 405 g/mol. The molecule has 1 aromatic carbocycles. The highest BCUT2D eigenvalue weighted by molar-refractivity contribution is 9.10. The van der Waals surface area contributed by atoms with Gasteiger partial charge in [-0.25, -0.2) is 0 Å². The fraction of sp³-hybridized carbons (Fsp3) is 0.235. The summed E-state index contributed by atoms with van der Waals surface area (Å²) in [6.45, 7) is 2.80. The van der Waals surface area contributed by atoms with E-state index in [9.17, 15) is 5.11 Å². The number of imidazole rings is 1. The highest BCUT2D eigenvalue weighted by atomic mass is 79.9. The third-order valence-electron chi connectivity index (χ3n) is 3.76. The molecule has 0 amide bonds. The zero-order valence-electron chi connectivity index (χ0n) is 13.2. The van der Waals surface area contributed by atoms with Gasteiger partial charge in [-0.1, -0.05) is 41.4 Å². The van der Waals surface area contributed by atoms with Crippen LogP contribution >= 0.6 is 28.1 Å². The van der Waals surface area contributed by atoms with Crippen molar-refractivity contribution in [1.82, 2.24) is 9.55 Å². The molecule has 1 aliphatic heterocycles. The number of rotatable bonds is 5. The molecule has 5 nitrogen and oxygen atoms in total. The summed E-state index contributed by atoms with van der Waals surface area (Å²) in [6, 6.07) is 7.86. The van der Waals surface area contributed by atoms with Gasteiger partial charge in [-0.15, -0.1) is 5.10 Å². The van der Waals surface area contributed by atoms with E-state index in [1.165, 1.54) is 0 Å². The molecule has 0 unspecified atom stereocenters. The highest BCUT2D eigenvalue weighted by Gasteiger charge is 2.16. The van der Waals surface area contributed by atoms with Gasteiger partial charge in [-0.2, -0.15) is 5.10 Å². The van der Waals surface area contributed by atoms with E-state index in [4.69, 9.17) is 12.2 Å². The maximum atomic E-state index is 10.4. The van der Waals surface area contributed by atoms with Crippen molar-refractivity contribution in [2.24, 2.45) is 10.2 Å². The van der Waals surface area contributed by atoms with Crippen LogP contribution in [0.15, 0.2) is 44.5 Å². The molecule has 0 atom stereocenters. The van der Waals surface area contributed by atoms with Crippen LogP contribution in [0.25, 0.3) is 6.08 Å². The molecule has 1 aromatic heterocycles. The largest absolute Gasteiger partial charge is 0.493 e. The van der Waals surface area contributed by atoms with Crippen molar-refractivity contribution in [3.05, 3.63) is 50.3 Å². The Morgan fingerprint density at radius 2 is 2.08 bits per heavy atom. The van der Waals surface area contributed by atoms with Crippen LogP contribution in [0.5, 0.6) is 5.88 Å². The first-order chi connectivity index (χ1) is 11.6. The van der Waals surface area contributed by atoms with Crippen molar-refractivity contribution in [2.75, 3.05) is 0 Å². The second-order valence-electron chi connectivity index (χ2n) is 5.47. The van der Waals surface area contributed by atoms with Crippen LogP contribution in [0.2, 0.25) is 0 Å². The summed E-state index contributed by atoms with van der Waals surface area (Å²) in [6.07, 6.45) is 5.50. The molecule has 0 bridgehead atoms. The van der Waals surface area contributed by atoms with E-state index >= 15 is 0 Å². The minimum atomic E-state index is 0.149. The number of halogens is 1. The minimum absolute atomic E-state index is 0.149. The number of H-pyrrole nitrogens is 1. The van der Waals surface area contributed by atoms with E-state index < -0.39 is 0 Å². The number of aromatic nitrogens is 2. The number of unbranched alkanes of at least 4 members (excludes halogenated alkanes) is 1. The molecule has 0 saturated carbocycles. The van der Waals surface area contributed by atoms with Gasteiger partial charge in [0.1, 0.15) is 11.4 Å². The number of hydrogen-bond acceptors (Lipinski definition) is 4. The van der Waals surface area contributed by atoms with Gasteiger partial charge in [0.05, 0.1) is 6.21 Å². The van der Waals surface area contributed by atoms with Crippen LogP contribution in [-0.2, 0) is 6.54 Å². The molecule has 7 heteroatoms. The summed E-state index contributed by atoms with van der Waals surface area (Å²) in [4.78, 5) is 3.06. The van der Waals surface area contributed by atoms with Gasteiger partial charge >= 0.3 is 0 Å². The molecule has 24 heavy (non-hydrogen) atoms. The summed E-state index contributed by atoms with van der Waals surface area (Å²) in [5.41, 5.74) is 3.13. The number of nitrogens with one attached hydrogen (secondary N) is 1. The summed E-state index contributed by atoms with van der Waals surface area (Å²) < 4.78 is 3.24. The van der Waals surface area contributed by atoms with Crippen LogP contribution in [0.1, 0.15) is 31.0 Å². The van der Waals surface area contributed by atoms with Crippen LogP contribution in [-0.4, -0.2) is 26.6 Å². The van der Waals surface area contributed by atoms with Crippen LogP contribution < -0.4 is 0 Å². The fourth-order valence-corrected chi connectivity index (χ4v) is 3.02. The van der Waals surface area contributed by atoms with Crippen LogP contribution in [0.3, 0.4) is 0 Å². The first-order valence-corrected chi connectivity index (χ1v) is 8.91. The van der Waals surface area contributed by atoms with E-state index in [1.54, 1.807) is 10.8 Å². The van der Waals surface area contributed by atoms with E-state index in [0.717, 1.165) is 34.2 Å². The Balaban J connectivity index is 1.94. The van der Waals surface area contributed by atoms with Gasteiger partial charge in [0.25, 0.3) is 0 Å². The smallest absolute Gasteiger partial charge is 0.217 e. The number of aromatic hydroxyl groups is 1. The van der Waals surface area contributed by atoms with Crippen LogP contribution in [0, 0.1) is 4.77 Å². The van der Waals surface area contributed by atoms with Crippen molar-refractivity contribution in [3.63, 3.8) is 0 Å². The zero-order valence-corrected chi connectivity index (χ0v) is 15.6. The maximum Gasteiger partial charge on any atom is 0.217 e. The molecule has 2 heterocycles. The second kappa shape index (κ2) is 7.27. The third-order valence-corrected chi connectivity index (χ3v) is 4.62. The lowest BCUT2D eigenvalue weighted by Crippen LogP contribution is -2.02. The lowest BCUT2D eigenvalue weighted by molar-refractivity contribution is 0.410. The number of nitrogens with zero attached hydrogens (tertiary/aromatic N) is 3. The molecule has 0 aliphatic carbocycles. The molecular weight excluding hydrogens is 388 g/mol. The molecular formula is C17H17BrN4OS. The monoisotopic (exact) mass is 404 g/mol. The molecule has 0 spiro atoms. The standard InChI is InChI=1S/C17H17BrN4OS/c1-2-3-8-22-16(23)14(20-17(22)24)9-12-10-19-21-15(12)11-4-6-13(18)7-5-11/h4-7,9-10,23H,2-3,8H2,1H3,(H,20,24)/b12-9+. The molecule has 0 radical (unpaired) electrons. The van der Waals surface area contributed by atoms with E-state index in [2.05, 4.69) is 38.0 Å². The average Bonchev–Trinajstić information content (AvgIpc) is 3.13. The predicted octanol–water partition coefficient (Wildman–Crippen LogP) is 4.69. The molecule has 1 aliphatic rings. The van der Waals surface area contributed by atoms with Gasteiger partial charge < -0.3 is 10.1 Å². The Morgan fingerprint density at radius 1 is 1.33 bits per heavy atom. The van der Waals surface area contributed by atoms with Crippen molar-refractivity contribution in [3.8, 4) is 5.88 Å². The maximum absolute atomic E-state index is 10.4. The quantitative estimate of drug-likeness (QED) is 0.709. The summed E-state index contributed by atoms with van der Waals surface area (Å²) in [5, 5.41) is 18.6. The normalized spacial score (nSPS) is 15.2. The number of aromatic amines is 1. The minimum Gasteiger partial charge on any atom is -0.493 e. The third kappa shape index (κ3) is 3.42. The molecule has 3 rings (SSSR count).